The zero-order valence-corrected chi connectivity index (χ0v) is 54.9. The minimum absolute atomic E-state index is 0.236. The Labute approximate surface area is 454 Å². The molecule has 0 radical (unpaired) electrons. The van der Waals surface area contributed by atoms with Crippen LogP contribution in [0.2, 0.25) is 0 Å². The molecule has 8 N–H and O–H groups in total. The average molecular weight is 1020 g/mol. The predicted octanol–water partition coefficient (Wildman–Crippen LogP) is 12.5. The van der Waals surface area contributed by atoms with Crippen LogP contribution in [0.25, 0.3) is 0 Å². The standard InChI is InChI=1S/2C14H30N2.C13H28N2.C11H26N2.C10H24N2/c1-13(2,3)15-11-12-7-9-16(10-8-12)14(4,5)6;1-13(2,3)15-11-7-9-12(10-8-11)16-14(4,5)6;1-12(2,3)14-11-7-9-15(10-8-11)13(4,5)6;1-10(2,3)12-8-7-9-13-11(4,5)6;1-9(2,3)11-7-8-12-10(4,5)6/h12,15H,7-11H2,1-6H3;11-12,15-16H,7-10H2,1-6H3;11,14H,7-10H2,1-6H3;12-13H,7-9H2,1-6H3;11-12H,7-8H2,1-6H3. The fourth-order valence-corrected chi connectivity index (χ4v) is 9.06. The van der Waals surface area contributed by atoms with Gasteiger partial charge in [0.1, 0.15) is 0 Å². The third kappa shape index (κ3) is 49.2. The second-order valence-corrected chi connectivity index (χ2v) is 32.5. The van der Waals surface area contributed by atoms with Gasteiger partial charge in [0.15, 0.2) is 0 Å². The Bertz CT molecular complexity index is 1260. The molecule has 3 fully saturated rings. The Morgan fingerprint density at radius 1 is 0.278 bits per heavy atom. The van der Waals surface area contributed by atoms with E-state index in [0.29, 0.717) is 17.1 Å². The molecule has 10 heteroatoms. The van der Waals surface area contributed by atoms with Gasteiger partial charge >= 0.3 is 0 Å². The van der Waals surface area contributed by atoms with Crippen LogP contribution < -0.4 is 42.5 Å². The van der Waals surface area contributed by atoms with Crippen molar-refractivity contribution in [2.45, 2.75) is 339 Å². The van der Waals surface area contributed by atoms with Crippen LogP contribution in [0.5, 0.6) is 0 Å². The lowest BCUT2D eigenvalue weighted by Gasteiger charge is -2.42. The third-order valence-corrected chi connectivity index (χ3v) is 12.7. The minimum atomic E-state index is 0.236. The fourth-order valence-electron chi connectivity index (χ4n) is 9.06. The van der Waals surface area contributed by atoms with Crippen molar-refractivity contribution in [1.29, 1.82) is 0 Å². The van der Waals surface area contributed by atoms with Gasteiger partial charge in [-0.1, -0.05) is 0 Å². The monoisotopic (exact) mass is 1020 g/mol. The molecule has 1 aliphatic carbocycles. The molecule has 0 aromatic heterocycles. The first-order chi connectivity index (χ1) is 31.9. The van der Waals surface area contributed by atoms with E-state index in [-0.39, 0.29) is 44.3 Å². The van der Waals surface area contributed by atoms with Gasteiger partial charge in [0.05, 0.1) is 0 Å². The molecule has 72 heavy (non-hydrogen) atoms. The zero-order chi connectivity index (χ0) is 56.8. The van der Waals surface area contributed by atoms with Gasteiger partial charge in [0.25, 0.3) is 0 Å². The SMILES string of the molecule is CC(C)(C)NC1CCC(NC(C)(C)C)CC1.CC(C)(C)NC1CCN(C(C)(C)C)CC1.CC(C)(C)NCC1CCN(C(C)(C)C)CC1.CC(C)(C)NCCCNC(C)(C)C.CC(C)(C)NCCNC(C)(C)C. The topological polar surface area (TPSA) is 103 Å². The molecule has 0 unspecified atom stereocenters. The summed E-state index contributed by atoms with van der Waals surface area (Å²) in [6.07, 6.45) is 11.7. The fraction of sp³-hybridized carbons (Fsp3) is 1.00. The van der Waals surface area contributed by atoms with Gasteiger partial charge in [-0.15, -0.1) is 0 Å². The highest BCUT2D eigenvalue weighted by Gasteiger charge is 2.30. The van der Waals surface area contributed by atoms with Gasteiger partial charge < -0.3 is 42.5 Å². The van der Waals surface area contributed by atoms with E-state index in [0.717, 1.165) is 44.2 Å². The lowest BCUT2D eigenvalue weighted by molar-refractivity contribution is 0.0856. The van der Waals surface area contributed by atoms with Crippen molar-refractivity contribution in [1.82, 2.24) is 52.3 Å². The van der Waals surface area contributed by atoms with E-state index in [1.165, 1.54) is 90.5 Å². The maximum absolute atomic E-state index is 3.71. The Hall–Kier alpha value is -0.400. The first-order valence-electron chi connectivity index (χ1n) is 29.5. The summed E-state index contributed by atoms with van der Waals surface area (Å²) in [5.74, 6) is 0.873. The summed E-state index contributed by atoms with van der Waals surface area (Å²) in [6, 6.07) is 2.15. The van der Waals surface area contributed by atoms with E-state index < -0.39 is 0 Å². The van der Waals surface area contributed by atoms with Gasteiger partial charge in [0, 0.05) is 99.7 Å². The number of rotatable bonds is 12. The Morgan fingerprint density at radius 2 is 0.514 bits per heavy atom. The summed E-state index contributed by atoms with van der Waals surface area (Å²) >= 11 is 0. The first-order valence-corrected chi connectivity index (χ1v) is 29.5. The Kier molecular flexibility index (Phi) is 32.6. The molecule has 0 bridgehead atoms. The summed E-state index contributed by atoms with van der Waals surface area (Å²) in [6.45, 7) is 77.6. The van der Waals surface area contributed by atoms with Gasteiger partial charge in [-0.25, -0.2) is 0 Å². The molecule has 2 aliphatic heterocycles. The van der Waals surface area contributed by atoms with Crippen LogP contribution in [0, 0.1) is 5.92 Å². The van der Waals surface area contributed by atoms with Crippen molar-refractivity contribution < 1.29 is 0 Å². The molecule has 10 nitrogen and oxygen atoms in total. The van der Waals surface area contributed by atoms with Crippen LogP contribution in [0.3, 0.4) is 0 Å². The van der Waals surface area contributed by atoms with E-state index in [4.69, 9.17) is 0 Å². The van der Waals surface area contributed by atoms with Gasteiger partial charge in [-0.05, 0) is 304 Å². The summed E-state index contributed by atoms with van der Waals surface area (Å²) in [4.78, 5) is 5.20. The van der Waals surface area contributed by atoms with Crippen molar-refractivity contribution in [2.75, 3.05) is 58.9 Å². The van der Waals surface area contributed by atoms with Crippen LogP contribution >= 0.6 is 0 Å². The van der Waals surface area contributed by atoms with Gasteiger partial charge in [0.2, 0.25) is 0 Å². The number of nitrogens with one attached hydrogen (secondary N) is 8. The number of hydrogen-bond donors (Lipinski definition) is 8. The highest BCUT2D eigenvalue weighted by molar-refractivity contribution is 4.89. The maximum atomic E-state index is 3.71. The molecule has 3 aliphatic rings. The van der Waals surface area contributed by atoms with E-state index >= 15 is 0 Å². The average Bonchev–Trinajstić information content (AvgIpc) is 3.13. The third-order valence-electron chi connectivity index (χ3n) is 12.7. The molecule has 0 aromatic carbocycles. The van der Waals surface area contributed by atoms with Crippen LogP contribution in [-0.4, -0.2) is 142 Å². The predicted molar refractivity (Wildman–Crippen MR) is 327 cm³/mol. The highest BCUT2D eigenvalue weighted by atomic mass is 15.2. The highest BCUT2D eigenvalue weighted by Crippen LogP contribution is 2.25. The molecular weight excluding hydrogens is 885 g/mol. The van der Waals surface area contributed by atoms with Crippen LogP contribution in [-0.2, 0) is 0 Å². The number of likely N-dealkylation sites (tertiary alicyclic amines) is 2. The molecule has 1 saturated carbocycles. The Balaban J connectivity index is 0. The molecule has 3 rings (SSSR count). The summed E-state index contributed by atoms with van der Waals surface area (Å²) in [7, 11) is 0. The maximum Gasteiger partial charge on any atom is 0.0125 e. The van der Waals surface area contributed by atoms with Crippen molar-refractivity contribution in [2.24, 2.45) is 5.92 Å². The van der Waals surface area contributed by atoms with Crippen molar-refractivity contribution in [3.05, 3.63) is 0 Å². The van der Waals surface area contributed by atoms with Crippen LogP contribution in [0.1, 0.15) is 265 Å². The molecule has 0 spiro atoms. The number of piperidine rings is 2. The minimum Gasteiger partial charge on any atom is -0.312 e. The van der Waals surface area contributed by atoms with E-state index in [2.05, 4.69) is 260 Å². The van der Waals surface area contributed by atoms with Gasteiger partial charge in [-0.2, -0.15) is 0 Å². The molecule has 0 aromatic rings. The lowest BCUT2D eigenvalue weighted by Crippen LogP contribution is -2.53. The molecule has 2 heterocycles. The van der Waals surface area contributed by atoms with E-state index in [1.807, 2.05) is 0 Å². The molecule has 436 valence electrons. The largest absolute Gasteiger partial charge is 0.312 e. The Morgan fingerprint density at radius 3 is 0.750 bits per heavy atom. The normalized spacial score (nSPS) is 20.2. The summed E-state index contributed by atoms with van der Waals surface area (Å²) in [5.41, 5.74) is 2.71. The summed E-state index contributed by atoms with van der Waals surface area (Å²) in [5, 5.41) is 28.6. The van der Waals surface area contributed by atoms with Crippen molar-refractivity contribution in [3.8, 4) is 0 Å². The molecule has 0 amide bonds. The lowest BCUT2D eigenvalue weighted by atomic mass is 9.88. The first kappa shape index (κ1) is 73.7. The van der Waals surface area contributed by atoms with Crippen molar-refractivity contribution >= 4 is 0 Å². The second kappa shape index (κ2) is 31.9. The van der Waals surface area contributed by atoms with E-state index in [1.54, 1.807) is 0 Å². The van der Waals surface area contributed by atoms with Crippen molar-refractivity contribution in [3.63, 3.8) is 0 Å². The second-order valence-electron chi connectivity index (χ2n) is 32.5. The summed E-state index contributed by atoms with van der Waals surface area (Å²) < 4.78 is 0. The zero-order valence-electron chi connectivity index (χ0n) is 54.9. The van der Waals surface area contributed by atoms with Crippen LogP contribution in [0.15, 0.2) is 0 Å². The molecular formula is C62H138N10. The molecule has 0 atom stereocenters. The number of hydrogen-bond acceptors (Lipinski definition) is 10. The quantitative estimate of drug-likeness (QED) is 0.0902. The molecule has 2 saturated heterocycles. The van der Waals surface area contributed by atoms with E-state index in [9.17, 15) is 0 Å². The van der Waals surface area contributed by atoms with Gasteiger partial charge in [-0.3, -0.25) is 9.80 Å². The smallest absolute Gasteiger partial charge is 0.0125 e. The number of nitrogens with zero attached hydrogens (tertiary/aromatic N) is 2. The van der Waals surface area contributed by atoms with Crippen LogP contribution in [0.4, 0.5) is 0 Å².